The molecule has 0 unspecified atom stereocenters. The van der Waals surface area contributed by atoms with Crippen LogP contribution in [-0.2, 0) is 13.0 Å². The van der Waals surface area contributed by atoms with E-state index in [2.05, 4.69) is 173 Å². The number of aliphatic imine (C=N–C) groups is 1. The minimum absolute atomic E-state index is 0.727. The topological polar surface area (TPSA) is 15.6 Å². The summed E-state index contributed by atoms with van der Waals surface area (Å²) in [6.07, 6.45) is 11.8. The van der Waals surface area contributed by atoms with Crippen LogP contribution in [0.3, 0.4) is 0 Å². The minimum Gasteiger partial charge on any atom is -0.335 e. The van der Waals surface area contributed by atoms with E-state index in [0.717, 1.165) is 52.3 Å². The number of fused-ring (bicyclic) bond motifs is 6. The van der Waals surface area contributed by atoms with Crippen LogP contribution in [0.4, 0.5) is 17.1 Å². The van der Waals surface area contributed by atoms with E-state index in [1.54, 1.807) is 0 Å². The highest BCUT2D eigenvalue weighted by Gasteiger charge is 2.27. The SMILES string of the molecule is C=C/C(=C\C(=C)/C(C)=C/c1c(CC)c(C)c(/C=C\C)c2ccccc12)c1ccc2c(c1)N(c1ccccc1N=C)Cc1ccc3ccccc3c1-2. The molecule has 6 aromatic carbocycles. The van der Waals surface area contributed by atoms with Crippen LogP contribution < -0.4 is 4.90 Å². The van der Waals surface area contributed by atoms with Crippen molar-refractivity contribution >= 4 is 63.0 Å². The Labute approximate surface area is 302 Å². The summed E-state index contributed by atoms with van der Waals surface area (Å²) >= 11 is 0. The third-order valence-corrected chi connectivity index (χ3v) is 10.4. The summed E-state index contributed by atoms with van der Waals surface area (Å²) in [5, 5.41) is 5.05. The van der Waals surface area contributed by atoms with Crippen LogP contribution in [0, 0.1) is 6.92 Å². The van der Waals surface area contributed by atoms with Gasteiger partial charge in [-0.05, 0) is 135 Å². The Bertz CT molecular complexity index is 2470. The molecule has 1 aliphatic rings. The number of anilines is 2. The minimum atomic E-state index is 0.727. The number of allylic oxidation sites excluding steroid dienone is 6. The predicted octanol–water partition coefficient (Wildman–Crippen LogP) is 13.8. The number of hydrogen-bond donors (Lipinski definition) is 0. The van der Waals surface area contributed by atoms with Crippen LogP contribution >= 0.6 is 0 Å². The third-order valence-electron chi connectivity index (χ3n) is 10.4. The molecule has 0 saturated heterocycles. The summed E-state index contributed by atoms with van der Waals surface area (Å²) in [5.74, 6) is 0. The Kier molecular flexibility index (Phi) is 9.26. The van der Waals surface area contributed by atoms with E-state index in [1.165, 1.54) is 60.5 Å². The van der Waals surface area contributed by atoms with E-state index < -0.39 is 0 Å². The van der Waals surface area contributed by atoms with Gasteiger partial charge in [-0.25, -0.2) is 0 Å². The Morgan fingerprint density at radius 1 is 0.843 bits per heavy atom. The molecule has 0 amide bonds. The fourth-order valence-corrected chi connectivity index (χ4v) is 7.76. The first kappa shape index (κ1) is 33.5. The highest BCUT2D eigenvalue weighted by Crippen LogP contribution is 2.48. The normalized spacial score (nSPS) is 13.1. The maximum absolute atomic E-state index is 4.57. The Balaban J connectivity index is 1.35. The zero-order valence-corrected chi connectivity index (χ0v) is 30.1. The van der Waals surface area contributed by atoms with Crippen molar-refractivity contribution in [2.75, 3.05) is 4.90 Å². The fraction of sp³-hybridized carbons (Fsp3) is 0.122. The lowest BCUT2D eigenvalue weighted by Gasteiger charge is -2.34. The molecule has 6 aromatic rings. The lowest BCUT2D eigenvalue weighted by Crippen LogP contribution is -2.22. The maximum Gasteiger partial charge on any atom is 0.0859 e. The van der Waals surface area contributed by atoms with Crippen LogP contribution in [0.1, 0.15) is 54.2 Å². The number of hydrogen-bond acceptors (Lipinski definition) is 2. The van der Waals surface area contributed by atoms with Gasteiger partial charge >= 0.3 is 0 Å². The molecule has 0 bridgehead atoms. The van der Waals surface area contributed by atoms with Gasteiger partial charge < -0.3 is 4.90 Å². The molecule has 0 aromatic heterocycles. The van der Waals surface area contributed by atoms with Gasteiger partial charge in [-0.15, -0.1) is 0 Å². The van der Waals surface area contributed by atoms with Crippen LogP contribution in [0.5, 0.6) is 0 Å². The Hall–Kier alpha value is -5.99. The highest BCUT2D eigenvalue weighted by atomic mass is 15.2. The van der Waals surface area contributed by atoms with Gasteiger partial charge in [0, 0.05) is 12.1 Å². The summed E-state index contributed by atoms with van der Waals surface area (Å²) in [7, 11) is 0. The van der Waals surface area contributed by atoms with Crippen molar-refractivity contribution in [3.8, 4) is 11.1 Å². The molecule has 0 N–H and O–H groups in total. The van der Waals surface area contributed by atoms with Crippen LogP contribution in [0.15, 0.2) is 151 Å². The summed E-state index contributed by atoms with van der Waals surface area (Å²) in [4.78, 5) is 6.77. The van der Waals surface area contributed by atoms with Gasteiger partial charge in [-0.3, -0.25) is 4.99 Å². The Morgan fingerprint density at radius 2 is 1.55 bits per heavy atom. The quantitative estimate of drug-likeness (QED) is 0.111. The molecule has 0 fully saturated rings. The van der Waals surface area contributed by atoms with Gasteiger partial charge in [0.1, 0.15) is 0 Å². The first-order valence-corrected chi connectivity index (χ1v) is 17.8. The monoisotopic (exact) mass is 660 g/mol. The van der Waals surface area contributed by atoms with Gasteiger partial charge in [0.2, 0.25) is 0 Å². The summed E-state index contributed by atoms with van der Waals surface area (Å²) in [6, 6.07) is 36.9. The van der Waals surface area contributed by atoms with E-state index in [-0.39, 0.29) is 0 Å². The molecule has 250 valence electrons. The average molecular weight is 661 g/mol. The summed E-state index contributed by atoms with van der Waals surface area (Å²) in [5.41, 5.74) is 16.3. The smallest absolute Gasteiger partial charge is 0.0859 e. The second kappa shape index (κ2) is 14.1. The number of benzene rings is 6. The molecule has 0 aliphatic carbocycles. The zero-order chi connectivity index (χ0) is 35.6. The first-order chi connectivity index (χ1) is 24.9. The van der Waals surface area contributed by atoms with E-state index in [1.807, 2.05) is 18.2 Å². The molecule has 0 saturated carbocycles. The molecule has 0 radical (unpaired) electrons. The van der Waals surface area contributed by atoms with Gasteiger partial charge in [0.25, 0.3) is 0 Å². The van der Waals surface area contributed by atoms with E-state index in [4.69, 9.17) is 0 Å². The molecule has 2 nitrogen and oxygen atoms in total. The van der Waals surface area contributed by atoms with Crippen LogP contribution in [0.25, 0.3) is 50.4 Å². The lowest BCUT2D eigenvalue weighted by atomic mass is 9.86. The van der Waals surface area contributed by atoms with Crippen molar-refractivity contribution < 1.29 is 0 Å². The van der Waals surface area contributed by atoms with Gasteiger partial charge in [-0.1, -0.05) is 129 Å². The van der Waals surface area contributed by atoms with Gasteiger partial charge in [-0.2, -0.15) is 0 Å². The fourth-order valence-electron chi connectivity index (χ4n) is 7.76. The third kappa shape index (κ3) is 5.98. The second-order valence-electron chi connectivity index (χ2n) is 13.3. The van der Waals surface area contributed by atoms with Crippen molar-refractivity contribution in [3.63, 3.8) is 0 Å². The van der Waals surface area contributed by atoms with Crippen molar-refractivity contribution in [1.82, 2.24) is 0 Å². The second-order valence-corrected chi connectivity index (χ2v) is 13.3. The average Bonchev–Trinajstić information content (AvgIpc) is 3.17. The van der Waals surface area contributed by atoms with Gasteiger partial charge in [0.15, 0.2) is 0 Å². The lowest BCUT2D eigenvalue weighted by molar-refractivity contribution is 0.963. The van der Waals surface area contributed by atoms with Crippen molar-refractivity contribution in [2.24, 2.45) is 4.99 Å². The van der Waals surface area contributed by atoms with Crippen LogP contribution in [-0.4, -0.2) is 6.72 Å². The van der Waals surface area contributed by atoms with Crippen LogP contribution in [0.2, 0.25) is 0 Å². The van der Waals surface area contributed by atoms with Crippen molar-refractivity contribution in [1.29, 1.82) is 0 Å². The molecular weight excluding hydrogens is 617 g/mol. The molecule has 1 heterocycles. The highest BCUT2D eigenvalue weighted by molar-refractivity contribution is 6.05. The van der Waals surface area contributed by atoms with Crippen molar-refractivity contribution in [3.05, 3.63) is 179 Å². The summed E-state index contributed by atoms with van der Waals surface area (Å²) in [6.45, 7) is 22.2. The molecule has 1 aliphatic heterocycles. The molecule has 51 heavy (non-hydrogen) atoms. The Morgan fingerprint density at radius 3 is 2.27 bits per heavy atom. The predicted molar refractivity (Wildman–Crippen MR) is 225 cm³/mol. The standard InChI is InChI=1S/C49H44N2/c1-8-17-40-34(6)39(10-3)45(43-21-14-13-20-42(40)43)29-33(5)32(4)28-35(9-2)37-26-27-44-48(30-37)51(47-23-16-15-22-46(47)50-7)31-38-25-24-36-18-11-12-19-41(36)49(38)44/h8-9,11-30H,2,4,7,10,31H2,1,3,5-6H3/b17-8-,33-29+,35-28+. The molecular formula is C49H44N2. The molecule has 0 atom stereocenters. The number of para-hydroxylation sites is 2. The maximum atomic E-state index is 4.57. The first-order valence-electron chi connectivity index (χ1n) is 17.8. The van der Waals surface area contributed by atoms with E-state index in [9.17, 15) is 0 Å². The van der Waals surface area contributed by atoms with E-state index in [0.29, 0.717) is 0 Å². The zero-order valence-electron chi connectivity index (χ0n) is 30.1. The number of nitrogens with zero attached hydrogens (tertiary/aromatic N) is 2. The van der Waals surface area contributed by atoms with Gasteiger partial charge in [0.05, 0.1) is 17.1 Å². The largest absolute Gasteiger partial charge is 0.335 e. The summed E-state index contributed by atoms with van der Waals surface area (Å²) < 4.78 is 0. The molecule has 7 rings (SSSR count). The van der Waals surface area contributed by atoms with Crippen molar-refractivity contribution in [2.45, 2.75) is 40.7 Å². The molecule has 0 spiro atoms. The number of rotatable bonds is 9. The van der Waals surface area contributed by atoms with E-state index >= 15 is 0 Å². The molecule has 2 heteroatoms.